The number of pyridine rings is 1. The molecule has 3 aromatic rings. The minimum Gasteiger partial charge on any atom is -0.280 e. The van der Waals surface area contributed by atoms with E-state index in [1.165, 1.54) is 24.6 Å². The van der Waals surface area contributed by atoms with Crippen LogP contribution in [0.5, 0.6) is 0 Å². The van der Waals surface area contributed by atoms with Crippen LogP contribution in [0.15, 0.2) is 76.4 Å². The van der Waals surface area contributed by atoms with Crippen molar-refractivity contribution in [3.05, 3.63) is 99.5 Å². The smallest absolute Gasteiger partial charge is 0.280 e. The molecule has 1 saturated carbocycles. The Labute approximate surface area is 195 Å². The van der Waals surface area contributed by atoms with Crippen molar-refractivity contribution in [2.75, 3.05) is 0 Å². The molecule has 1 aliphatic carbocycles. The van der Waals surface area contributed by atoms with Crippen molar-refractivity contribution in [1.29, 1.82) is 0 Å². The molecule has 0 N–H and O–H groups in total. The van der Waals surface area contributed by atoms with E-state index in [0.29, 0.717) is 11.6 Å². The van der Waals surface area contributed by atoms with Crippen molar-refractivity contribution >= 4 is 21.8 Å². The normalized spacial score (nSPS) is 15.4. The Bertz CT molecular complexity index is 1300. The summed E-state index contributed by atoms with van der Waals surface area (Å²) in [6.07, 6.45) is 7.61. The summed E-state index contributed by atoms with van der Waals surface area (Å²) in [6, 6.07) is 19.6. The van der Waals surface area contributed by atoms with Crippen LogP contribution in [-0.4, -0.2) is 13.1 Å². The first-order valence-electron chi connectivity index (χ1n) is 11.4. The van der Waals surface area contributed by atoms with Gasteiger partial charge in [-0.25, -0.2) is 0 Å². The third kappa shape index (κ3) is 5.45. The molecule has 0 atom stereocenters. The van der Waals surface area contributed by atoms with Gasteiger partial charge >= 0.3 is 10.1 Å². The lowest BCUT2D eigenvalue weighted by Gasteiger charge is -2.25. The van der Waals surface area contributed by atoms with Gasteiger partial charge in [-0.1, -0.05) is 67.3 Å². The molecule has 6 heteroatoms. The minimum absolute atomic E-state index is 0.00562. The Morgan fingerprint density at radius 1 is 0.909 bits per heavy atom. The average molecular weight is 464 g/mol. The second-order valence-electron chi connectivity index (χ2n) is 8.73. The Kier molecular flexibility index (Phi) is 6.84. The van der Waals surface area contributed by atoms with Crippen LogP contribution >= 0.6 is 0 Å². The van der Waals surface area contributed by atoms with Crippen molar-refractivity contribution in [1.82, 2.24) is 4.73 Å². The summed E-state index contributed by atoms with van der Waals surface area (Å²) in [5, 5.41) is 0. The number of rotatable bonds is 6. The zero-order chi connectivity index (χ0) is 23.4. The largest absolute Gasteiger partial charge is 0.357 e. The van der Waals surface area contributed by atoms with Crippen LogP contribution in [0.3, 0.4) is 0 Å². The van der Waals surface area contributed by atoms with E-state index in [1.54, 1.807) is 18.2 Å². The molecule has 0 saturated heterocycles. The zero-order valence-electron chi connectivity index (χ0n) is 19.0. The summed E-state index contributed by atoms with van der Waals surface area (Å²) in [7, 11) is -4.18. The molecule has 33 heavy (non-hydrogen) atoms. The molecule has 0 spiro atoms. The summed E-state index contributed by atoms with van der Waals surface area (Å²) >= 11 is 0. The molecule has 5 nitrogen and oxygen atoms in total. The van der Waals surface area contributed by atoms with E-state index in [1.807, 2.05) is 38.1 Å². The highest BCUT2D eigenvalue weighted by atomic mass is 32.2. The number of nitrogens with zero attached hydrogens (tertiary/aromatic N) is 1. The van der Waals surface area contributed by atoms with Gasteiger partial charge in [-0.2, -0.15) is 8.42 Å². The molecule has 4 rings (SSSR count). The lowest BCUT2D eigenvalue weighted by molar-refractivity contribution is 0.264. The molecule has 0 unspecified atom stereocenters. The zero-order valence-corrected chi connectivity index (χ0v) is 19.8. The summed E-state index contributed by atoms with van der Waals surface area (Å²) in [4.78, 5) is 12.9. The quantitative estimate of drug-likeness (QED) is 0.491. The van der Waals surface area contributed by atoms with Gasteiger partial charge in [0.1, 0.15) is 4.90 Å². The number of benzene rings is 2. The highest BCUT2D eigenvalue weighted by Gasteiger charge is 2.22. The van der Waals surface area contributed by atoms with Gasteiger partial charge in [0.05, 0.1) is 5.69 Å². The average Bonchev–Trinajstić information content (AvgIpc) is 2.81. The topological polar surface area (TPSA) is 65.4 Å². The van der Waals surface area contributed by atoms with Crippen molar-refractivity contribution in [2.45, 2.75) is 50.8 Å². The maximum absolute atomic E-state index is 13.0. The van der Waals surface area contributed by atoms with Crippen molar-refractivity contribution < 1.29 is 12.7 Å². The fraction of sp³-hybridized carbons (Fsp3) is 0.296. The van der Waals surface area contributed by atoms with E-state index in [0.717, 1.165) is 52.7 Å². The van der Waals surface area contributed by atoms with Crippen LogP contribution in [0.1, 0.15) is 54.5 Å². The third-order valence-corrected chi connectivity index (χ3v) is 7.29. The lowest BCUT2D eigenvalue weighted by atomic mass is 9.80. The van der Waals surface area contributed by atoms with Crippen LogP contribution in [-0.2, 0) is 10.1 Å². The van der Waals surface area contributed by atoms with Crippen LogP contribution in [0.2, 0.25) is 0 Å². The molecule has 0 aliphatic heterocycles. The standard InChI is InChI=1S/C27H29NO4S/c1-20-13-15-25(16-14-20)33(30,31)32-28-24(17-21(2)18-27(28)29)19-26(22-9-5-3-6-10-22)23-11-7-4-8-12-23/h3,5-6,9-10,13-19,23H,4,7-8,11-12H2,1-2H3. The van der Waals surface area contributed by atoms with Gasteiger partial charge in [0, 0.05) is 6.07 Å². The fourth-order valence-corrected chi connectivity index (χ4v) is 5.29. The van der Waals surface area contributed by atoms with Gasteiger partial charge in [0.15, 0.2) is 0 Å². The molecule has 1 aliphatic rings. The number of allylic oxidation sites excluding steroid dienone is 1. The second-order valence-corrected chi connectivity index (χ2v) is 10.3. The predicted octanol–water partition coefficient (Wildman–Crippen LogP) is 5.40. The van der Waals surface area contributed by atoms with Crippen molar-refractivity contribution in [3.8, 4) is 0 Å². The van der Waals surface area contributed by atoms with E-state index in [2.05, 4.69) is 12.1 Å². The Morgan fingerprint density at radius 3 is 2.24 bits per heavy atom. The van der Waals surface area contributed by atoms with Crippen molar-refractivity contribution in [3.63, 3.8) is 0 Å². The Hall–Kier alpha value is -3.12. The number of hydrogen-bond acceptors (Lipinski definition) is 4. The number of hydrogen-bond donors (Lipinski definition) is 0. The second kappa shape index (κ2) is 9.79. The molecular weight excluding hydrogens is 434 g/mol. The summed E-state index contributed by atoms with van der Waals surface area (Å²) < 4.78 is 32.2. The van der Waals surface area contributed by atoms with Gasteiger partial charge in [-0.15, -0.1) is 4.73 Å². The van der Waals surface area contributed by atoms with E-state index in [-0.39, 0.29) is 4.90 Å². The van der Waals surface area contributed by atoms with Gasteiger partial charge in [-0.05, 0) is 73.6 Å². The number of aryl methyl sites for hydroxylation is 2. The van der Waals surface area contributed by atoms with Gasteiger partial charge in [-0.3, -0.25) is 9.08 Å². The Balaban J connectivity index is 1.82. The third-order valence-electron chi connectivity index (χ3n) is 6.10. The minimum atomic E-state index is -4.18. The maximum atomic E-state index is 13.0. The molecule has 1 fully saturated rings. The fourth-order valence-electron chi connectivity index (χ4n) is 4.38. The first-order chi connectivity index (χ1) is 15.8. The van der Waals surface area contributed by atoms with Crippen LogP contribution in [0.25, 0.3) is 11.6 Å². The van der Waals surface area contributed by atoms with Crippen LogP contribution < -0.4 is 9.84 Å². The van der Waals surface area contributed by atoms with Crippen molar-refractivity contribution in [2.24, 2.45) is 5.92 Å². The predicted molar refractivity (Wildman–Crippen MR) is 131 cm³/mol. The van der Waals surface area contributed by atoms with E-state index < -0.39 is 15.7 Å². The van der Waals surface area contributed by atoms with Crippen LogP contribution in [0.4, 0.5) is 0 Å². The summed E-state index contributed by atoms with van der Waals surface area (Å²) in [5.41, 5.74) is 3.75. The van der Waals surface area contributed by atoms with E-state index in [9.17, 15) is 13.2 Å². The van der Waals surface area contributed by atoms with Crippen LogP contribution in [0, 0.1) is 19.8 Å². The van der Waals surface area contributed by atoms with E-state index >= 15 is 0 Å². The summed E-state index contributed by atoms with van der Waals surface area (Å²) in [6.45, 7) is 3.70. The van der Waals surface area contributed by atoms with Gasteiger partial charge in [0.25, 0.3) is 5.56 Å². The first kappa shape index (κ1) is 23.1. The Morgan fingerprint density at radius 2 is 1.58 bits per heavy atom. The van der Waals surface area contributed by atoms with E-state index in [4.69, 9.17) is 4.28 Å². The highest BCUT2D eigenvalue weighted by molar-refractivity contribution is 7.87. The van der Waals surface area contributed by atoms with Gasteiger partial charge in [0.2, 0.25) is 0 Å². The molecule has 0 radical (unpaired) electrons. The maximum Gasteiger partial charge on any atom is 0.357 e. The SMILES string of the molecule is Cc1ccc(S(=O)(=O)On2c(C=C(c3ccccc3)C3CCCCC3)cc(C)cc2=O)cc1. The molecule has 172 valence electrons. The monoisotopic (exact) mass is 463 g/mol. The van der Waals surface area contributed by atoms with Gasteiger partial charge < -0.3 is 0 Å². The first-order valence-corrected chi connectivity index (χ1v) is 12.8. The number of aromatic nitrogens is 1. The molecule has 1 heterocycles. The highest BCUT2D eigenvalue weighted by Crippen LogP contribution is 2.36. The molecular formula is C27H29NO4S. The molecule has 0 bridgehead atoms. The molecule has 1 aromatic heterocycles. The molecule has 0 amide bonds. The molecule has 2 aromatic carbocycles. The lowest BCUT2D eigenvalue weighted by Crippen LogP contribution is -2.32. The summed E-state index contributed by atoms with van der Waals surface area (Å²) in [5.74, 6) is 0.346.